The van der Waals surface area contributed by atoms with Crippen LogP contribution in [-0.2, 0) is 38.0 Å². The maximum Gasteiger partial charge on any atom is 0.305 e. The van der Waals surface area contributed by atoms with Crippen LogP contribution < -0.4 is 0 Å². The van der Waals surface area contributed by atoms with E-state index in [0.29, 0.717) is 52.5 Å². The van der Waals surface area contributed by atoms with Gasteiger partial charge in [0.05, 0.1) is 57.9 Å². The van der Waals surface area contributed by atoms with E-state index in [4.69, 9.17) is 28.4 Å². The lowest BCUT2D eigenvalue weighted by Crippen LogP contribution is -2.57. The number of carbonyl (C=O) groups excluding carboxylic acids is 2. The summed E-state index contributed by atoms with van der Waals surface area (Å²) in [5.41, 5.74) is -0.382. The lowest BCUT2D eigenvalue weighted by atomic mass is 9.89. The van der Waals surface area contributed by atoms with E-state index in [1.54, 1.807) is 13.8 Å². The zero-order chi connectivity index (χ0) is 20.0. The lowest BCUT2D eigenvalue weighted by molar-refractivity contribution is -0.361. The van der Waals surface area contributed by atoms with Crippen LogP contribution in [0.1, 0.15) is 53.4 Å². The second kappa shape index (κ2) is 9.32. The summed E-state index contributed by atoms with van der Waals surface area (Å²) in [6, 6.07) is 0. The zero-order valence-electron chi connectivity index (χ0n) is 16.8. The SMILES string of the molecule is CCOC(=O)CCC1(C)OCC2(CO1)COC(C)(CCC(=O)OCC)OC2. The summed E-state index contributed by atoms with van der Waals surface area (Å²) in [6.07, 6.45) is 1.36. The summed E-state index contributed by atoms with van der Waals surface area (Å²) in [7, 11) is 0. The molecule has 2 saturated heterocycles. The molecule has 2 aliphatic heterocycles. The minimum Gasteiger partial charge on any atom is -0.466 e. The van der Waals surface area contributed by atoms with Crippen molar-refractivity contribution < 1.29 is 38.0 Å². The number of rotatable bonds is 8. The van der Waals surface area contributed by atoms with Crippen LogP contribution in [0, 0.1) is 5.41 Å². The lowest BCUT2D eigenvalue weighted by Gasteiger charge is -2.49. The predicted octanol–water partition coefficient (Wildman–Crippen LogP) is 2.19. The molecule has 8 nitrogen and oxygen atoms in total. The molecule has 2 heterocycles. The van der Waals surface area contributed by atoms with Gasteiger partial charge in [-0.3, -0.25) is 9.59 Å². The Morgan fingerprint density at radius 2 is 1.07 bits per heavy atom. The fourth-order valence-electron chi connectivity index (χ4n) is 2.97. The van der Waals surface area contributed by atoms with Crippen LogP contribution in [0.25, 0.3) is 0 Å². The minimum atomic E-state index is -0.817. The summed E-state index contributed by atoms with van der Waals surface area (Å²) < 4.78 is 33.6. The molecule has 0 saturated carbocycles. The topological polar surface area (TPSA) is 89.5 Å². The van der Waals surface area contributed by atoms with Crippen molar-refractivity contribution >= 4 is 11.9 Å². The molecule has 0 radical (unpaired) electrons. The third-order valence-corrected chi connectivity index (χ3v) is 4.91. The number of hydrogen-bond donors (Lipinski definition) is 0. The van der Waals surface area contributed by atoms with E-state index in [1.807, 2.05) is 13.8 Å². The van der Waals surface area contributed by atoms with E-state index in [2.05, 4.69) is 0 Å². The highest BCUT2D eigenvalue weighted by atomic mass is 16.7. The second-order valence-corrected chi connectivity index (χ2v) is 7.53. The molecule has 27 heavy (non-hydrogen) atoms. The average Bonchev–Trinajstić information content (AvgIpc) is 2.65. The Kier molecular flexibility index (Phi) is 7.62. The Morgan fingerprint density at radius 3 is 1.37 bits per heavy atom. The summed E-state index contributed by atoms with van der Waals surface area (Å²) in [5, 5.41) is 0. The third-order valence-electron chi connectivity index (χ3n) is 4.91. The van der Waals surface area contributed by atoms with Gasteiger partial charge in [-0.1, -0.05) is 0 Å². The van der Waals surface area contributed by atoms with Gasteiger partial charge in [-0.05, 0) is 27.7 Å². The predicted molar refractivity (Wildman–Crippen MR) is 94.8 cm³/mol. The van der Waals surface area contributed by atoms with E-state index in [9.17, 15) is 9.59 Å². The van der Waals surface area contributed by atoms with E-state index >= 15 is 0 Å². The molecule has 0 atom stereocenters. The highest BCUT2D eigenvalue weighted by Crippen LogP contribution is 2.39. The molecule has 1 spiro atoms. The first kappa shape index (κ1) is 22.1. The van der Waals surface area contributed by atoms with Crippen LogP contribution in [0.4, 0.5) is 0 Å². The summed E-state index contributed by atoms with van der Waals surface area (Å²) in [6.45, 7) is 9.61. The van der Waals surface area contributed by atoms with Gasteiger partial charge in [-0.2, -0.15) is 0 Å². The normalized spacial score (nSPS) is 33.6. The van der Waals surface area contributed by atoms with Crippen molar-refractivity contribution in [1.82, 2.24) is 0 Å². The molecule has 2 fully saturated rings. The van der Waals surface area contributed by atoms with Crippen LogP contribution in [0.15, 0.2) is 0 Å². The summed E-state index contributed by atoms with van der Waals surface area (Å²) >= 11 is 0. The van der Waals surface area contributed by atoms with Gasteiger partial charge in [0.15, 0.2) is 11.6 Å². The molecule has 2 rings (SSSR count). The fraction of sp³-hybridized carbons (Fsp3) is 0.895. The van der Waals surface area contributed by atoms with E-state index < -0.39 is 11.6 Å². The van der Waals surface area contributed by atoms with Crippen molar-refractivity contribution in [2.24, 2.45) is 5.41 Å². The van der Waals surface area contributed by atoms with Gasteiger partial charge in [0, 0.05) is 12.8 Å². The average molecular weight is 388 g/mol. The minimum absolute atomic E-state index is 0.246. The monoisotopic (exact) mass is 388 g/mol. The van der Waals surface area contributed by atoms with Crippen molar-refractivity contribution in [2.45, 2.75) is 65.0 Å². The van der Waals surface area contributed by atoms with Gasteiger partial charge in [0.1, 0.15) is 0 Å². The molecule has 0 aromatic carbocycles. The van der Waals surface area contributed by atoms with Crippen molar-refractivity contribution in [2.75, 3.05) is 39.6 Å². The smallest absolute Gasteiger partial charge is 0.305 e. The van der Waals surface area contributed by atoms with Crippen LogP contribution >= 0.6 is 0 Å². The number of esters is 2. The Balaban J connectivity index is 1.77. The molecule has 0 aliphatic carbocycles. The summed E-state index contributed by atoms with van der Waals surface area (Å²) in [4.78, 5) is 23.1. The molecule has 156 valence electrons. The molecular formula is C19H32O8. The first-order valence-corrected chi connectivity index (χ1v) is 9.61. The van der Waals surface area contributed by atoms with Gasteiger partial charge in [-0.25, -0.2) is 0 Å². The summed E-state index contributed by atoms with van der Waals surface area (Å²) in [5.74, 6) is -2.15. The Morgan fingerprint density at radius 1 is 0.741 bits per heavy atom. The molecule has 2 aliphatic rings. The van der Waals surface area contributed by atoms with Gasteiger partial charge in [0.25, 0.3) is 0 Å². The van der Waals surface area contributed by atoms with Crippen LogP contribution in [0.2, 0.25) is 0 Å². The molecule has 0 amide bonds. The Bertz CT molecular complexity index is 452. The fourth-order valence-corrected chi connectivity index (χ4v) is 2.97. The molecule has 0 bridgehead atoms. The highest BCUT2D eigenvalue weighted by Gasteiger charge is 2.48. The van der Waals surface area contributed by atoms with Gasteiger partial charge < -0.3 is 28.4 Å². The van der Waals surface area contributed by atoms with Crippen molar-refractivity contribution in [1.29, 1.82) is 0 Å². The molecule has 0 aromatic heterocycles. The number of ether oxygens (including phenoxy) is 6. The highest BCUT2D eigenvalue weighted by molar-refractivity contribution is 5.69. The third kappa shape index (κ3) is 6.41. The first-order chi connectivity index (χ1) is 12.7. The standard InChI is InChI=1S/C19H32O8/c1-5-22-15(20)7-9-17(3)24-11-19(12-25-17)13-26-18(4,27-14-19)10-8-16(21)23-6-2/h5-14H2,1-4H3. The largest absolute Gasteiger partial charge is 0.466 e. The van der Waals surface area contributed by atoms with Crippen molar-refractivity contribution in [3.8, 4) is 0 Å². The van der Waals surface area contributed by atoms with Gasteiger partial charge >= 0.3 is 11.9 Å². The number of carbonyl (C=O) groups is 2. The molecular weight excluding hydrogens is 356 g/mol. The van der Waals surface area contributed by atoms with E-state index in [1.165, 1.54) is 0 Å². The number of hydrogen-bond acceptors (Lipinski definition) is 8. The maximum atomic E-state index is 11.5. The van der Waals surface area contributed by atoms with Crippen molar-refractivity contribution in [3.63, 3.8) is 0 Å². The van der Waals surface area contributed by atoms with Gasteiger partial charge in [0.2, 0.25) is 0 Å². The second-order valence-electron chi connectivity index (χ2n) is 7.53. The molecule has 8 heteroatoms. The van der Waals surface area contributed by atoms with Crippen LogP contribution in [-0.4, -0.2) is 63.2 Å². The molecule has 0 unspecified atom stereocenters. The first-order valence-electron chi connectivity index (χ1n) is 9.61. The van der Waals surface area contributed by atoms with Crippen LogP contribution in [0.5, 0.6) is 0 Å². The molecule has 0 N–H and O–H groups in total. The zero-order valence-corrected chi connectivity index (χ0v) is 16.8. The van der Waals surface area contributed by atoms with Crippen molar-refractivity contribution in [3.05, 3.63) is 0 Å². The molecule has 0 aromatic rings. The maximum absolute atomic E-state index is 11.5. The van der Waals surface area contributed by atoms with Gasteiger partial charge in [-0.15, -0.1) is 0 Å². The Hall–Kier alpha value is -1.22. The Labute approximate surface area is 160 Å². The van der Waals surface area contributed by atoms with E-state index in [-0.39, 0.29) is 30.2 Å². The van der Waals surface area contributed by atoms with E-state index in [0.717, 1.165) is 0 Å². The van der Waals surface area contributed by atoms with Crippen LogP contribution in [0.3, 0.4) is 0 Å². The quantitative estimate of drug-likeness (QED) is 0.585.